The third-order valence-corrected chi connectivity index (χ3v) is 3.64. The van der Waals surface area contributed by atoms with E-state index in [1.54, 1.807) is 10.6 Å². The number of benzene rings is 2. The van der Waals surface area contributed by atoms with E-state index in [1.807, 2.05) is 57.2 Å². The molecule has 4 heteroatoms. The van der Waals surface area contributed by atoms with Crippen molar-refractivity contribution in [3.63, 3.8) is 0 Å². The molecule has 0 bridgehead atoms. The summed E-state index contributed by atoms with van der Waals surface area (Å²) in [5, 5.41) is 0.953. The van der Waals surface area contributed by atoms with Crippen LogP contribution in [0.5, 0.6) is 0 Å². The predicted octanol–water partition coefficient (Wildman–Crippen LogP) is 5.15. The van der Waals surface area contributed by atoms with Gasteiger partial charge in [-0.25, -0.2) is 13.8 Å². The lowest BCUT2D eigenvalue weighted by molar-refractivity contribution is 0.0541. The van der Waals surface area contributed by atoms with E-state index < -0.39 is 11.7 Å². The van der Waals surface area contributed by atoms with E-state index in [0.29, 0.717) is 6.42 Å². The van der Waals surface area contributed by atoms with E-state index in [2.05, 4.69) is 0 Å². The maximum Gasteiger partial charge on any atom is 0.419 e. The zero-order valence-electron chi connectivity index (χ0n) is 14.0. The minimum absolute atomic E-state index is 0.285. The molecule has 1 aromatic heterocycles. The number of hydrogen-bond acceptors (Lipinski definition) is 2. The number of rotatable bonds is 2. The minimum atomic E-state index is -0.585. The van der Waals surface area contributed by atoms with Gasteiger partial charge in [-0.3, -0.25) is 0 Å². The Hall–Kier alpha value is -2.62. The van der Waals surface area contributed by atoms with Crippen LogP contribution in [0.2, 0.25) is 0 Å². The lowest BCUT2D eigenvalue weighted by Crippen LogP contribution is -2.28. The lowest BCUT2D eigenvalue weighted by Gasteiger charge is -2.21. The predicted molar refractivity (Wildman–Crippen MR) is 92.8 cm³/mol. The van der Waals surface area contributed by atoms with Gasteiger partial charge in [-0.05, 0) is 50.6 Å². The van der Waals surface area contributed by atoms with Gasteiger partial charge in [-0.15, -0.1) is 0 Å². The standard InChI is InChI=1S/C20H20FNO2/c1-20(2,3)24-19(23)22-17(12-14-7-6-9-16(21)11-14)13-15-8-4-5-10-18(15)22/h4-11,13H,12H2,1-3H3. The highest BCUT2D eigenvalue weighted by atomic mass is 19.1. The fourth-order valence-electron chi connectivity index (χ4n) is 2.72. The van der Waals surface area contributed by atoms with Gasteiger partial charge in [0.15, 0.2) is 0 Å². The first-order valence-electron chi connectivity index (χ1n) is 7.91. The van der Waals surface area contributed by atoms with E-state index in [0.717, 1.165) is 22.2 Å². The molecular weight excluding hydrogens is 305 g/mol. The molecule has 3 nitrogen and oxygen atoms in total. The summed E-state index contributed by atoms with van der Waals surface area (Å²) in [5.41, 5.74) is 1.79. The van der Waals surface area contributed by atoms with E-state index in [1.165, 1.54) is 12.1 Å². The van der Waals surface area contributed by atoms with Crippen LogP contribution < -0.4 is 0 Å². The van der Waals surface area contributed by atoms with E-state index in [9.17, 15) is 9.18 Å². The van der Waals surface area contributed by atoms with Gasteiger partial charge < -0.3 is 4.74 Å². The molecule has 0 saturated heterocycles. The van der Waals surface area contributed by atoms with Crippen molar-refractivity contribution in [1.29, 1.82) is 0 Å². The Morgan fingerprint density at radius 1 is 1.08 bits per heavy atom. The molecule has 3 aromatic rings. The summed E-state index contributed by atoms with van der Waals surface area (Å²) in [6.07, 6.45) is 0.0289. The number of fused-ring (bicyclic) bond motifs is 1. The van der Waals surface area contributed by atoms with Crippen LogP contribution in [0.25, 0.3) is 10.9 Å². The second-order valence-electron chi connectivity index (χ2n) is 6.82. The maximum atomic E-state index is 13.5. The van der Waals surface area contributed by atoms with Crippen molar-refractivity contribution < 1.29 is 13.9 Å². The van der Waals surface area contributed by atoms with Gasteiger partial charge in [0, 0.05) is 17.5 Å². The topological polar surface area (TPSA) is 31.2 Å². The van der Waals surface area contributed by atoms with Crippen LogP contribution in [-0.2, 0) is 11.2 Å². The Morgan fingerprint density at radius 3 is 2.54 bits per heavy atom. The zero-order valence-corrected chi connectivity index (χ0v) is 14.0. The second-order valence-corrected chi connectivity index (χ2v) is 6.82. The quantitative estimate of drug-likeness (QED) is 0.652. The molecule has 0 atom stereocenters. The largest absolute Gasteiger partial charge is 0.443 e. The van der Waals surface area contributed by atoms with Crippen LogP contribution in [0.4, 0.5) is 9.18 Å². The van der Waals surface area contributed by atoms with Gasteiger partial charge >= 0.3 is 6.09 Å². The van der Waals surface area contributed by atoms with Gasteiger partial charge in [0.2, 0.25) is 0 Å². The molecule has 24 heavy (non-hydrogen) atoms. The maximum absolute atomic E-state index is 13.5. The average Bonchev–Trinajstić information content (AvgIpc) is 2.83. The Bertz CT molecular complexity index is 890. The molecule has 0 amide bonds. The van der Waals surface area contributed by atoms with Crippen molar-refractivity contribution in [1.82, 2.24) is 4.57 Å². The highest BCUT2D eigenvalue weighted by Gasteiger charge is 2.22. The number of halogens is 1. The lowest BCUT2D eigenvalue weighted by atomic mass is 10.1. The van der Waals surface area contributed by atoms with Crippen molar-refractivity contribution in [3.05, 3.63) is 71.7 Å². The molecule has 124 valence electrons. The summed E-state index contributed by atoms with van der Waals surface area (Å²) in [7, 11) is 0. The zero-order chi connectivity index (χ0) is 17.3. The van der Waals surface area contributed by atoms with E-state index in [4.69, 9.17) is 4.74 Å². The molecule has 0 N–H and O–H groups in total. The highest BCUT2D eigenvalue weighted by molar-refractivity contribution is 5.91. The molecule has 2 aromatic carbocycles. The average molecular weight is 325 g/mol. The molecule has 0 fully saturated rings. The van der Waals surface area contributed by atoms with Crippen molar-refractivity contribution in [2.75, 3.05) is 0 Å². The first-order valence-corrected chi connectivity index (χ1v) is 7.91. The van der Waals surface area contributed by atoms with Crippen LogP contribution in [0.3, 0.4) is 0 Å². The summed E-state index contributed by atoms with van der Waals surface area (Å²) in [6, 6.07) is 16.0. The number of carbonyl (C=O) groups excluding carboxylic acids is 1. The summed E-state index contributed by atoms with van der Waals surface area (Å²) in [5.74, 6) is -0.285. The number of hydrogen-bond donors (Lipinski definition) is 0. The van der Waals surface area contributed by atoms with Crippen LogP contribution in [0.15, 0.2) is 54.6 Å². The fraction of sp³-hybridized carbons (Fsp3) is 0.250. The van der Waals surface area contributed by atoms with Crippen molar-refractivity contribution in [2.24, 2.45) is 0 Å². The van der Waals surface area contributed by atoms with E-state index >= 15 is 0 Å². The molecular formula is C20H20FNO2. The smallest absolute Gasteiger partial charge is 0.419 e. The monoisotopic (exact) mass is 325 g/mol. The number of aromatic nitrogens is 1. The van der Waals surface area contributed by atoms with Gasteiger partial charge in [0.1, 0.15) is 11.4 Å². The van der Waals surface area contributed by atoms with Gasteiger partial charge in [-0.2, -0.15) is 0 Å². The Labute approximate surface area is 140 Å². The molecule has 1 heterocycles. The fourth-order valence-corrected chi connectivity index (χ4v) is 2.72. The molecule has 0 spiro atoms. The molecule has 0 radical (unpaired) electrons. The number of ether oxygens (including phenoxy) is 1. The molecule has 0 aliphatic carbocycles. The van der Waals surface area contributed by atoms with Crippen LogP contribution in [0.1, 0.15) is 32.0 Å². The Morgan fingerprint density at radius 2 is 1.83 bits per heavy atom. The Kier molecular flexibility index (Phi) is 4.14. The van der Waals surface area contributed by atoms with Gasteiger partial charge in [-0.1, -0.05) is 30.3 Å². The van der Waals surface area contributed by atoms with Crippen molar-refractivity contribution in [3.8, 4) is 0 Å². The van der Waals surface area contributed by atoms with Crippen molar-refractivity contribution >= 4 is 17.0 Å². The normalized spacial score (nSPS) is 11.7. The number of nitrogens with zero attached hydrogens (tertiary/aromatic N) is 1. The summed E-state index contributed by atoms with van der Waals surface area (Å²) < 4.78 is 20.6. The van der Waals surface area contributed by atoms with Crippen LogP contribution >= 0.6 is 0 Å². The molecule has 0 aliphatic heterocycles. The summed E-state index contributed by atoms with van der Waals surface area (Å²) >= 11 is 0. The van der Waals surface area contributed by atoms with E-state index in [-0.39, 0.29) is 5.82 Å². The second kappa shape index (κ2) is 6.11. The van der Waals surface area contributed by atoms with Crippen LogP contribution in [0, 0.1) is 5.82 Å². The first kappa shape index (κ1) is 16.2. The third kappa shape index (κ3) is 3.48. The minimum Gasteiger partial charge on any atom is -0.443 e. The first-order chi connectivity index (χ1) is 11.3. The molecule has 3 rings (SSSR count). The van der Waals surface area contributed by atoms with Crippen LogP contribution in [-0.4, -0.2) is 16.3 Å². The third-order valence-electron chi connectivity index (χ3n) is 3.64. The summed E-state index contributed by atoms with van der Waals surface area (Å²) in [6.45, 7) is 5.51. The molecule has 0 aliphatic rings. The van der Waals surface area contributed by atoms with Gasteiger partial charge in [0.25, 0.3) is 0 Å². The van der Waals surface area contributed by atoms with Crippen molar-refractivity contribution in [2.45, 2.75) is 32.8 Å². The highest BCUT2D eigenvalue weighted by Crippen LogP contribution is 2.24. The summed E-state index contributed by atoms with van der Waals surface area (Å²) in [4.78, 5) is 12.7. The number of para-hydroxylation sites is 1. The molecule has 0 unspecified atom stereocenters. The molecule has 0 saturated carbocycles. The SMILES string of the molecule is CC(C)(C)OC(=O)n1c(Cc2cccc(F)c2)cc2ccccc21. The van der Waals surface area contributed by atoms with Gasteiger partial charge in [0.05, 0.1) is 5.52 Å². The number of carbonyl (C=O) groups is 1. The Balaban J connectivity index is 2.06.